The molecule has 1 atom stereocenters. The van der Waals surface area contributed by atoms with Gasteiger partial charge in [0.2, 0.25) is 0 Å². The smallest absolute Gasteiger partial charge is 0.136 e. The third kappa shape index (κ3) is 4.87. The number of anilines is 4. The lowest BCUT2D eigenvalue weighted by Gasteiger charge is -2.32. The Morgan fingerprint density at radius 3 is 2.42 bits per heavy atom. The Balaban J connectivity index is 1.67. The maximum Gasteiger partial charge on any atom is 0.136 e. The molecule has 2 aromatic rings. The van der Waals surface area contributed by atoms with Crippen LogP contribution in [0, 0.1) is 12.8 Å². The van der Waals surface area contributed by atoms with Crippen LogP contribution in [0.3, 0.4) is 0 Å². The first-order chi connectivity index (χ1) is 12.5. The number of nitrogens with zero attached hydrogens (tertiary/aromatic N) is 3. The fourth-order valence-corrected chi connectivity index (χ4v) is 3.23. The summed E-state index contributed by atoms with van der Waals surface area (Å²) in [5.74, 6) is 3.31. The van der Waals surface area contributed by atoms with Crippen LogP contribution < -0.4 is 15.5 Å². The van der Waals surface area contributed by atoms with E-state index >= 15 is 0 Å². The Morgan fingerprint density at radius 1 is 1.12 bits per heavy atom. The van der Waals surface area contributed by atoms with Gasteiger partial charge in [-0.3, -0.25) is 0 Å². The second-order valence-corrected chi connectivity index (χ2v) is 7.48. The molecule has 1 aromatic carbocycles. The Morgan fingerprint density at radius 2 is 1.77 bits per heavy atom. The number of rotatable bonds is 6. The molecule has 0 bridgehead atoms. The van der Waals surface area contributed by atoms with Crippen molar-refractivity contribution in [3.63, 3.8) is 0 Å². The zero-order chi connectivity index (χ0) is 18.5. The van der Waals surface area contributed by atoms with Crippen molar-refractivity contribution < 1.29 is 0 Å². The SMILES string of the molecule is CCC(C)Nc1cc(Nc2ccc(N3CCC(C)CC3)cc2)nc(C)n1. The second-order valence-electron chi connectivity index (χ2n) is 7.48. The Labute approximate surface area is 157 Å². The number of aryl methyl sites for hydroxylation is 1. The van der Waals surface area contributed by atoms with Gasteiger partial charge in [-0.05, 0) is 63.3 Å². The van der Waals surface area contributed by atoms with Gasteiger partial charge in [0, 0.05) is 36.6 Å². The van der Waals surface area contributed by atoms with Gasteiger partial charge in [-0.25, -0.2) is 9.97 Å². The van der Waals surface area contributed by atoms with E-state index in [4.69, 9.17) is 0 Å². The summed E-state index contributed by atoms with van der Waals surface area (Å²) >= 11 is 0. The van der Waals surface area contributed by atoms with Crippen LogP contribution in [-0.4, -0.2) is 29.1 Å². The van der Waals surface area contributed by atoms with Crippen molar-refractivity contribution in [2.24, 2.45) is 5.92 Å². The molecule has 1 aliphatic rings. The molecule has 5 nitrogen and oxygen atoms in total. The molecule has 2 N–H and O–H groups in total. The van der Waals surface area contributed by atoms with E-state index < -0.39 is 0 Å². The second kappa shape index (κ2) is 8.39. The van der Waals surface area contributed by atoms with Gasteiger partial charge in [0.15, 0.2) is 0 Å². The molecule has 0 saturated carbocycles. The van der Waals surface area contributed by atoms with Crippen LogP contribution in [0.5, 0.6) is 0 Å². The van der Waals surface area contributed by atoms with Gasteiger partial charge in [-0.1, -0.05) is 13.8 Å². The van der Waals surface area contributed by atoms with Crippen molar-refractivity contribution in [1.29, 1.82) is 0 Å². The minimum Gasteiger partial charge on any atom is -0.372 e. The maximum atomic E-state index is 4.51. The van der Waals surface area contributed by atoms with Gasteiger partial charge in [0.1, 0.15) is 17.5 Å². The quantitative estimate of drug-likeness (QED) is 0.767. The van der Waals surface area contributed by atoms with Gasteiger partial charge in [-0.2, -0.15) is 0 Å². The molecule has 1 unspecified atom stereocenters. The first-order valence-electron chi connectivity index (χ1n) is 9.77. The highest BCUT2D eigenvalue weighted by Gasteiger charge is 2.15. The number of nitrogens with one attached hydrogen (secondary N) is 2. The summed E-state index contributed by atoms with van der Waals surface area (Å²) in [6.45, 7) is 10.9. The molecule has 3 rings (SSSR count). The molecule has 1 aromatic heterocycles. The Bertz CT molecular complexity index is 705. The van der Waals surface area contributed by atoms with Gasteiger partial charge >= 0.3 is 0 Å². The lowest BCUT2D eigenvalue weighted by molar-refractivity contribution is 0.438. The largest absolute Gasteiger partial charge is 0.372 e. The third-order valence-electron chi connectivity index (χ3n) is 5.13. The van der Waals surface area contributed by atoms with Crippen molar-refractivity contribution in [3.8, 4) is 0 Å². The summed E-state index contributed by atoms with van der Waals surface area (Å²) < 4.78 is 0. The number of benzene rings is 1. The number of aromatic nitrogens is 2. The van der Waals surface area contributed by atoms with Crippen LogP contribution in [0.4, 0.5) is 23.0 Å². The van der Waals surface area contributed by atoms with Gasteiger partial charge in [0.05, 0.1) is 0 Å². The predicted molar refractivity (Wildman–Crippen MR) is 110 cm³/mol. The first-order valence-corrected chi connectivity index (χ1v) is 9.77. The molecule has 0 radical (unpaired) electrons. The Kier molecular flexibility index (Phi) is 5.96. The predicted octanol–water partition coefficient (Wildman–Crippen LogP) is 4.98. The fraction of sp³-hybridized carbons (Fsp3) is 0.524. The van der Waals surface area contributed by atoms with E-state index in [0.29, 0.717) is 6.04 Å². The third-order valence-corrected chi connectivity index (χ3v) is 5.13. The fourth-order valence-electron chi connectivity index (χ4n) is 3.23. The van der Waals surface area contributed by atoms with Crippen molar-refractivity contribution in [1.82, 2.24) is 9.97 Å². The first kappa shape index (κ1) is 18.5. The van der Waals surface area contributed by atoms with E-state index in [0.717, 1.165) is 48.6 Å². The average molecular weight is 354 g/mol. The zero-order valence-corrected chi connectivity index (χ0v) is 16.4. The summed E-state index contributed by atoms with van der Waals surface area (Å²) in [6, 6.07) is 11.0. The molecule has 5 heteroatoms. The highest BCUT2D eigenvalue weighted by atomic mass is 15.1. The van der Waals surface area contributed by atoms with Crippen LogP contribution in [0.1, 0.15) is 45.9 Å². The monoisotopic (exact) mass is 353 g/mol. The number of hydrogen-bond donors (Lipinski definition) is 2. The van der Waals surface area contributed by atoms with E-state index in [2.05, 4.69) is 70.5 Å². The Hall–Kier alpha value is -2.30. The van der Waals surface area contributed by atoms with Crippen LogP contribution in [0.25, 0.3) is 0 Å². The molecular weight excluding hydrogens is 322 g/mol. The van der Waals surface area contributed by atoms with Crippen molar-refractivity contribution in [2.75, 3.05) is 28.6 Å². The van der Waals surface area contributed by atoms with E-state index in [-0.39, 0.29) is 0 Å². The van der Waals surface area contributed by atoms with Gasteiger partial charge in [-0.15, -0.1) is 0 Å². The normalized spacial score (nSPS) is 16.4. The molecule has 2 heterocycles. The van der Waals surface area contributed by atoms with Crippen LogP contribution >= 0.6 is 0 Å². The molecule has 0 spiro atoms. The van der Waals surface area contributed by atoms with Crippen LogP contribution in [0.15, 0.2) is 30.3 Å². The molecule has 1 aliphatic heterocycles. The van der Waals surface area contributed by atoms with E-state index in [9.17, 15) is 0 Å². The van der Waals surface area contributed by atoms with Crippen molar-refractivity contribution >= 4 is 23.0 Å². The highest BCUT2D eigenvalue weighted by Crippen LogP contribution is 2.25. The maximum absolute atomic E-state index is 4.51. The van der Waals surface area contributed by atoms with Crippen molar-refractivity contribution in [2.45, 2.75) is 53.0 Å². The van der Waals surface area contributed by atoms with E-state index in [1.165, 1.54) is 18.5 Å². The summed E-state index contributed by atoms with van der Waals surface area (Å²) in [5, 5.41) is 6.82. The molecule has 140 valence electrons. The van der Waals surface area contributed by atoms with E-state index in [1.54, 1.807) is 0 Å². The minimum atomic E-state index is 0.392. The molecule has 0 amide bonds. The lowest BCUT2D eigenvalue weighted by atomic mass is 9.99. The summed E-state index contributed by atoms with van der Waals surface area (Å²) in [7, 11) is 0. The van der Waals surface area contributed by atoms with Crippen LogP contribution in [0.2, 0.25) is 0 Å². The highest BCUT2D eigenvalue weighted by molar-refractivity contribution is 5.62. The molecule has 1 fully saturated rings. The van der Waals surface area contributed by atoms with Crippen molar-refractivity contribution in [3.05, 3.63) is 36.2 Å². The minimum absolute atomic E-state index is 0.392. The van der Waals surface area contributed by atoms with Crippen LogP contribution in [-0.2, 0) is 0 Å². The zero-order valence-electron chi connectivity index (χ0n) is 16.4. The summed E-state index contributed by atoms with van der Waals surface area (Å²) in [6.07, 6.45) is 3.63. The molecule has 26 heavy (non-hydrogen) atoms. The van der Waals surface area contributed by atoms with Gasteiger partial charge in [0.25, 0.3) is 0 Å². The lowest BCUT2D eigenvalue weighted by Crippen LogP contribution is -2.32. The average Bonchev–Trinajstić information content (AvgIpc) is 2.62. The molecular formula is C21H31N5. The summed E-state index contributed by atoms with van der Waals surface area (Å²) in [4.78, 5) is 11.5. The number of piperidine rings is 1. The number of hydrogen-bond acceptors (Lipinski definition) is 5. The molecule has 0 aliphatic carbocycles. The summed E-state index contributed by atoms with van der Waals surface area (Å²) in [5.41, 5.74) is 2.35. The molecule has 1 saturated heterocycles. The topological polar surface area (TPSA) is 53.1 Å². The van der Waals surface area contributed by atoms with E-state index in [1.807, 2.05) is 13.0 Å². The van der Waals surface area contributed by atoms with Gasteiger partial charge < -0.3 is 15.5 Å². The standard InChI is InChI=1S/C21H31N5/c1-5-16(3)22-20-14-21(24-17(4)23-20)25-18-6-8-19(9-7-18)26-12-10-15(2)11-13-26/h6-9,14-16H,5,10-13H2,1-4H3,(H2,22,23,24,25).